The lowest BCUT2D eigenvalue weighted by Crippen LogP contribution is -2.46. The summed E-state index contributed by atoms with van der Waals surface area (Å²) >= 11 is 1.77. The maximum atomic E-state index is 12.0. The molecule has 1 fully saturated rings. The molecule has 114 valence electrons. The van der Waals surface area contributed by atoms with Crippen LogP contribution in [0.15, 0.2) is 0 Å². The van der Waals surface area contributed by atoms with Crippen LogP contribution in [0.25, 0.3) is 0 Å². The summed E-state index contributed by atoms with van der Waals surface area (Å²) in [6.45, 7) is 0.503. The molecule has 0 amide bonds. The van der Waals surface area contributed by atoms with Crippen LogP contribution in [-0.4, -0.2) is 49.5 Å². The van der Waals surface area contributed by atoms with Crippen molar-refractivity contribution in [3.05, 3.63) is 0 Å². The fraction of sp³-hybridized carbons (Fsp3) is 1.00. The van der Waals surface area contributed by atoms with Crippen molar-refractivity contribution in [1.29, 1.82) is 0 Å². The van der Waals surface area contributed by atoms with Crippen molar-refractivity contribution in [3.63, 3.8) is 0 Å². The Morgan fingerprint density at radius 3 is 2.53 bits per heavy atom. The molecule has 0 heterocycles. The summed E-state index contributed by atoms with van der Waals surface area (Å²) in [5.41, 5.74) is 0. The lowest BCUT2D eigenvalue weighted by Gasteiger charge is -2.24. The highest BCUT2D eigenvalue weighted by atomic mass is 32.2. The Labute approximate surface area is 116 Å². The number of thioether (sulfide) groups is 1. The van der Waals surface area contributed by atoms with E-state index in [9.17, 15) is 21.6 Å². The van der Waals surface area contributed by atoms with Gasteiger partial charge < -0.3 is 0 Å². The minimum Gasteiger partial charge on any atom is -0.195 e. The van der Waals surface area contributed by atoms with E-state index in [1.54, 1.807) is 16.5 Å². The first kappa shape index (κ1) is 17.1. The van der Waals surface area contributed by atoms with Gasteiger partial charge in [0.2, 0.25) is 0 Å². The number of nitrogens with one attached hydrogen (secondary N) is 1. The highest BCUT2D eigenvalue weighted by Gasteiger charge is 2.36. The number of hydrogen-bond donors (Lipinski definition) is 1. The van der Waals surface area contributed by atoms with Gasteiger partial charge in [0.15, 0.2) is 0 Å². The zero-order valence-corrected chi connectivity index (χ0v) is 12.5. The van der Waals surface area contributed by atoms with Gasteiger partial charge in [-0.1, -0.05) is 6.92 Å². The van der Waals surface area contributed by atoms with E-state index in [0.717, 1.165) is 16.5 Å². The summed E-state index contributed by atoms with van der Waals surface area (Å²) in [5, 5.41) is 0.398. The standard InChI is InChI=1S/C10H19F3N2O2S2/c1-3-18-9-5-4-8(6-9)15(2)19(16,17)14-7-10(11,12)13/h8-9,14H,3-7H2,1-2H3/t8-,9+/m1/s1. The SMILES string of the molecule is CCS[C@H]1CC[C@@H](N(C)S(=O)(=O)NCC(F)(F)F)C1. The molecule has 0 aromatic rings. The van der Waals surface area contributed by atoms with Gasteiger partial charge in [0.25, 0.3) is 10.2 Å². The Balaban J connectivity index is 2.54. The first-order valence-electron chi connectivity index (χ1n) is 6.06. The second-order valence-electron chi connectivity index (χ2n) is 4.50. The van der Waals surface area contributed by atoms with Crippen LogP contribution in [0.5, 0.6) is 0 Å². The van der Waals surface area contributed by atoms with Crippen LogP contribution < -0.4 is 4.72 Å². The topological polar surface area (TPSA) is 49.4 Å². The van der Waals surface area contributed by atoms with Crippen molar-refractivity contribution in [2.75, 3.05) is 19.3 Å². The highest BCUT2D eigenvalue weighted by molar-refractivity contribution is 7.99. The molecule has 1 N–H and O–H groups in total. The fourth-order valence-electron chi connectivity index (χ4n) is 2.11. The van der Waals surface area contributed by atoms with Crippen LogP contribution >= 0.6 is 11.8 Å². The quantitative estimate of drug-likeness (QED) is 0.814. The largest absolute Gasteiger partial charge is 0.402 e. The minimum absolute atomic E-state index is 0.213. The van der Waals surface area contributed by atoms with Crippen molar-refractivity contribution in [3.8, 4) is 0 Å². The molecule has 2 atom stereocenters. The van der Waals surface area contributed by atoms with Gasteiger partial charge in [-0.25, -0.2) is 0 Å². The van der Waals surface area contributed by atoms with Crippen LogP contribution in [0.1, 0.15) is 26.2 Å². The first-order chi connectivity index (χ1) is 8.65. The summed E-state index contributed by atoms with van der Waals surface area (Å²) in [6.07, 6.45) is -2.24. The Morgan fingerprint density at radius 1 is 1.37 bits per heavy atom. The van der Waals surface area contributed by atoms with Crippen LogP contribution in [-0.2, 0) is 10.2 Å². The lowest BCUT2D eigenvalue weighted by atomic mass is 10.3. The number of halogens is 3. The van der Waals surface area contributed by atoms with Crippen LogP contribution in [0, 0.1) is 0 Å². The van der Waals surface area contributed by atoms with Gasteiger partial charge in [-0.3, -0.25) is 0 Å². The van der Waals surface area contributed by atoms with E-state index in [1.165, 1.54) is 7.05 Å². The van der Waals surface area contributed by atoms with Crippen LogP contribution in [0.4, 0.5) is 13.2 Å². The summed E-state index contributed by atoms with van der Waals surface area (Å²) in [6, 6.07) is -0.213. The molecule has 0 aliphatic heterocycles. The third-order valence-electron chi connectivity index (χ3n) is 3.11. The smallest absolute Gasteiger partial charge is 0.195 e. The molecule has 1 aliphatic carbocycles. The monoisotopic (exact) mass is 320 g/mol. The molecule has 9 heteroatoms. The molecule has 1 aliphatic rings. The molecule has 0 radical (unpaired) electrons. The molecule has 0 spiro atoms. The van der Waals surface area contributed by atoms with Crippen molar-refractivity contribution in [1.82, 2.24) is 9.03 Å². The van der Waals surface area contributed by atoms with Crippen LogP contribution in [0.2, 0.25) is 0 Å². The second-order valence-corrected chi connectivity index (χ2v) is 7.89. The molecular weight excluding hydrogens is 301 g/mol. The average Bonchev–Trinajstić information content (AvgIpc) is 2.74. The van der Waals surface area contributed by atoms with E-state index < -0.39 is 22.9 Å². The van der Waals surface area contributed by atoms with Gasteiger partial charge >= 0.3 is 6.18 Å². The van der Waals surface area contributed by atoms with Crippen molar-refractivity contribution in [2.45, 2.75) is 43.7 Å². The molecule has 1 saturated carbocycles. The van der Waals surface area contributed by atoms with E-state index in [0.29, 0.717) is 18.1 Å². The summed E-state index contributed by atoms with van der Waals surface area (Å²) in [4.78, 5) is 0. The highest BCUT2D eigenvalue weighted by Crippen LogP contribution is 2.32. The maximum Gasteiger partial charge on any atom is 0.402 e. The molecule has 0 saturated heterocycles. The second kappa shape index (κ2) is 6.64. The van der Waals surface area contributed by atoms with Gasteiger partial charge in [-0.15, -0.1) is 0 Å². The molecule has 19 heavy (non-hydrogen) atoms. The van der Waals surface area contributed by atoms with E-state index in [1.807, 2.05) is 6.92 Å². The Bertz CT molecular complexity index is 387. The van der Waals surface area contributed by atoms with E-state index in [-0.39, 0.29) is 6.04 Å². The minimum atomic E-state index is -4.54. The summed E-state index contributed by atoms with van der Waals surface area (Å²) < 4.78 is 62.2. The Kier molecular flexibility index (Phi) is 5.96. The summed E-state index contributed by atoms with van der Waals surface area (Å²) in [7, 11) is -2.73. The third kappa shape index (κ3) is 5.49. The predicted molar refractivity (Wildman–Crippen MR) is 70.3 cm³/mol. The van der Waals surface area contributed by atoms with Gasteiger partial charge in [0, 0.05) is 18.3 Å². The third-order valence-corrected chi connectivity index (χ3v) is 5.91. The molecular formula is C10H19F3N2O2S2. The Morgan fingerprint density at radius 2 is 2.00 bits per heavy atom. The van der Waals surface area contributed by atoms with E-state index in [2.05, 4.69) is 0 Å². The molecule has 0 aromatic carbocycles. The van der Waals surface area contributed by atoms with Crippen molar-refractivity contribution >= 4 is 22.0 Å². The molecule has 4 nitrogen and oxygen atoms in total. The fourth-order valence-corrected chi connectivity index (χ4v) is 4.37. The normalized spacial score (nSPS) is 25.2. The lowest BCUT2D eigenvalue weighted by molar-refractivity contribution is -0.121. The Hall–Kier alpha value is 0.01000. The number of alkyl halides is 3. The van der Waals surface area contributed by atoms with Crippen LogP contribution in [0.3, 0.4) is 0 Å². The molecule has 0 unspecified atom stereocenters. The molecule has 0 aromatic heterocycles. The number of rotatable bonds is 6. The van der Waals surface area contributed by atoms with Gasteiger partial charge in [-0.05, 0) is 25.0 Å². The first-order valence-corrected chi connectivity index (χ1v) is 8.55. The van der Waals surface area contributed by atoms with Gasteiger partial charge in [0.05, 0.1) is 0 Å². The van der Waals surface area contributed by atoms with Crippen molar-refractivity contribution < 1.29 is 21.6 Å². The predicted octanol–water partition coefficient (Wildman–Crippen LogP) is 1.99. The molecule has 1 rings (SSSR count). The number of nitrogens with zero attached hydrogens (tertiary/aromatic N) is 1. The van der Waals surface area contributed by atoms with Gasteiger partial charge in [-0.2, -0.15) is 42.4 Å². The van der Waals surface area contributed by atoms with E-state index >= 15 is 0 Å². The van der Waals surface area contributed by atoms with E-state index in [4.69, 9.17) is 0 Å². The zero-order chi connectivity index (χ0) is 14.7. The molecule has 0 bridgehead atoms. The number of hydrogen-bond acceptors (Lipinski definition) is 3. The zero-order valence-electron chi connectivity index (χ0n) is 10.9. The van der Waals surface area contributed by atoms with Crippen molar-refractivity contribution in [2.24, 2.45) is 0 Å². The van der Waals surface area contributed by atoms with Gasteiger partial charge in [0.1, 0.15) is 6.54 Å². The summed E-state index contributed by atoms with van der Waals surface area (Å²) in [5.74, 6) is 0.959. The average molecular weight is 320 g/mol. The maximum absolute atomic E-state index is 12.0.